The van der Waals surface area contributed by atoms with Crippen molar-refractivity contribution in [2.45, 2.75) is 19.9 Å². The van der Waals surface area contributed by atoms with Crippen LogP contribution in [0.2, 0.25) is 0 Å². The van der Waals surface area contributed by atoms with Crippen LogP contribution in [-0.4, -0.2) is 51.1 Å². The second-order valence-electron chi connectivity index (χ2n) is 8.20. The topological polar surface area (TPSA) is 137 Å². The molecule has 1 aliphatic heterocycles. The molecule has 0 unspecified atom stereocenters. The van der Waals surface area contributed by atoms with E-state index in [1.54, 1.807) is 50.3 Å². The smallest absolute Gasteiger partial charge is 0.338 e. The van der Waals surface area contributed by atoms with E-state index in [1.807, 2.05) is 0 Å². The van der Waals surface area contributed by atoms with E-state index in [1.165, 1.54) is 13.3 Å². The Morgan fingerprint density at radius 2 is 1.88 bits per heavy atom. The maximum absolute atomic E-state index is 12.6. The fraction of sp³-hybridized carbons (Fsp3) is 0.259. The summed E-state index contributed by atoms with van der Waals surface area (Å²) in [5.41, 5.74) is 4.34. The van der Waals surface area contributed by atoms with Gasteiger partial charge in [0.2, 0.25) is 0 Å². The highest BCUT2D eigenvalue weighted by Crippen LogP contribution is 2.35. The molecular formula is C27H28Br2N4O7. The summed E-state index contributed by atoms with van der Waals surface area (Å²) in [6.45, 7) is 7.15. The minimum Gasteiger partial charge on any atom is -0.493 e. The van der Waals surface area contributed by atoms with E-state index in [4.69, 9.17) is 18.9 Å². The zero-order valence-electron chi connectivity index (χ0n) is 22.0. The molecular weight excluding hydrogens is 652 g/mol. The summed E-state index contributed by atoms with van der Waals surface area (Å²) in [5, 5.41) is 9.28. The average Bonchev–Trinajstić information content (AvgIpc) is 2.91. The average molecular weight is 680 g/mol. The number of ether oxygens (including phenoxy) is 4. The summed E-state index contributed by atoms with van der Waals surface area (Å²) < 4.78 is 23.2. The molecule has 0 bridgehead atoms. The van der Waals surface area contributed by atoms with E-state index in [9.17, 15) is 14.4 Å². The summed E-state index contributed by atoms with van der Waals surface area (Å²) in [6, 6.07) is 7.22. The Hall–Kier alpha value is -3.84. The Labute approximate surface area is 248 Å². The molecule has 40 heavy (non-hydrogen) atoms. The van der Waals surface area contributed by atoms with Crippen LogP contribution in [0.3, 0.4) is 0 Å². The first-order chi connectivity index (χ1) is 19.2. The zero-order valence-corrected chi connectivity index (χ0v) is 25.2. The second kappa shape index (κ2) is 14.5. The predicted molar refractivity (Wildman–Crippen MR) is 156 cm³/mol. The van der Waals surface area contributed by atoms with Gasteiger partial charge in [-0.15, -0.1) is 0 Å². The third-order valence-electron chi connectivity index (χ3n) is 5.41. The van der Waals surface area contributed by atoms with Crippen molar-refractivity contribution in [3.05, 3.63) is 74.3 Å². The molecule has 3 rings (SSSR count). The number of hydrogen-bond donors (Lipinski definition) is 3. The fourth-order valence-corrected chi connectivity index (χ4v) is 5.15. The molecule has 0 radical (unpaired) electrons. The minimum atomic E-state index is -0.768. The molecule has 1 atom stereocenters. The molecule has 0 spiro atoms. The second-order valence-corrected chi connectivity index (χ2v) is 9.90. The third-order valence-corrected chi connectivity index (χ3v) is 6.59. The SMILES string of the molecule is C=CCOc1c(Br)cc(/C=N\NC(=O)COc2ccc([C@H]3NC(=O)NC(C)=C3C(=O)OCC)cc2OC)cc1Br. The van der Waals surface area contributed by atoms with E-state index >= 15 is 0 Å². The number of allylic oxidation sites excluding steroid dienone is 1. The standard InChI is InChI=1S/C27H28Br2N4O7/c1-5-9-39-25-18(28)10-16(11-19(25)29)13-30-33-22(34)14-40-20-8-7-17(12-21(20)37-4)24-23(26(35)38-6-2)15(3)31-27(36)32-24/h5,7-8,10-13,24H,1,6,9,14H2,2-4H3,(H,33,34)(H2,31,32,36)/b30-13-/t24-/m1/s1. The van der Waals surface area contributed by atoms with Crippen LogP contribution in [0, 0.1) is 0 Å². The third kappa shape index (κ3) is 7.85. The number of amides is 3. The number of halogens is 2. The van der Waals surface area contributed by atoms with Gasteiger partial charge in [0, 0.05) is 5.70 Å². The molecule has 2 aromatic rings. The lowest BCUT2D eigenvalue weighted by Crippen LogP contribution is -2.45. The highest BCUT2D eigenvalue weighted by Gasteiger charge is 2.32. The summed E-state index contributed by atoms with van der Waals surface area (Å²) in [7, 11) is 1.44. The fourth-order valence-electron chi connectivity index (χ4n) is 3.69. The van der Waals surface area contributed by atoms with Crippen LogP contribution in [0.4, 0.5) is 4.79 Å². The highest BCUT2D eigenvalue weighted by molar-refractivity contribution is 9.11. The summed E-state index contributed by atoms with van der Waals surface area (Å²) >= 11 is 6.89. The Kier molecular flexibility index (Phi) is 11.1. The molecule has 212 valence electrons. The number of nitrogens with one attached hydrogen (secondary N) is 3. The lowest BCUT2D eigenvalue weighted by molar-refractivity contribution is -0.139. The highest BCUT2D eigenvalue weighted by atomic mass is 79.9. The first-order valence-corrected chi connectivity index (χ1v) is 13.6. The van der Waals surface area contributed by atoms with Gasteiger partial charge in [0.1, 0.15) is 12.4 Å². The van der Waals surface area contributed by atoms with Crippen LogP contribution >= 0.6 is 31.9 Å². The van der Waals surface area contributed by atoms with E-state index in [-0.39, 0.29) is 24.5 Å². The Balaban J connectivity index is 1.66. The number of hydrazone groups is 1. The van der Waals surface area contributed by atoms with Crippen molar-refractivity contribution < 1.29 is 33.3 Å². The van der Waals surface area contributed by atoms with Crippen LogP contribution in [0.25, 0.3) is 0 Å². The largest absolute Gasteiger partial charge is 0.493 e. The van der Waals surface area contributed by atoms with E-state index in [0.29, 0.717) is 43.9 Å². The maximum Gasteiger partial charge on any atom is 0.338 e. The first-order valence-electron chi connectivity index (χ1n) is 12.0. The number of hydrogen-bond acceptors (Lipinski definition) is 8. The lowest BCUT2D eigenvalue weighted by atomic mass is 9.95. The molecule has 0 fully saturated rings. The van der Waals surface area contributed by atoms with Crippen molar-refractivity contribution in [1.29, 1.82) is 0 Å². The normalized spacial score (nSPS) is 14.7. The number of nitrogens with zero attached hydrogens (tertiary/aromatic N) is 1. The van der Waals surface area contributed by atoms with Gasteiger partial charge in [0.25, 0.3) is 5.91 Å². The Morgan fingerprint density at radius 3 is 2.52 bits per heavy atom. The van der Waals surface area contributed by atoms with Gasteiger partial charge in [-0.05, 0) is 81.1 Å². The van der Waals surface area contributed by atoms with Gasteiger partial charge < -0.3 is 29.6 Å². The van der Waals surface area contributed by atoms with Crippen LogP contribution in [0.15, 0.2) is 68.3 Å². The number of carbonyl (C=O) groups excluding carboxylic acids is 3. The van der Waals surface area contributed by atoms with Crippen LogP contribution in [-0.2, 0) is 14.3 Å². The lowest BCUT2D eigenvalue weighted by Gasteiger charge is -2.28. The number of esters is 1. The zero-order chi connectivity index (χ0) is 29.2. The van der Waals surface area contributed by atoms with Gasteiger partial charge in [0.15, 0.2) is 18.1 Å². The molecule has 0 aliphatic carbocycles. The monoisotopic (exact) mass is 678 g/mol. The number of urea groups is 1. The molecule has 11 nitrogen and oxygen atoms in total. The van der Waals surface area contributed by atoms with E-state index in [0.717, 1.165) is 0 Å². The van der Waals surface area contributed by atoms with Gasteiger partial charge in [-0.25, -0.2) is 15.0 Å². The van der Waals surface area contributed by atoms with Gasteiger partial charge in [-0.1, -0.05) is 18.7 Å². The molecule has 2 aromatic carbocycles. The molecule has 1 aliphatic rings. The maximum atomic E-state index is 12.6. The minimum absolute atomic E-state index is 0.185. The van der Waals surface area contributed by atoms with Gasteiger partial charge in [-0.3, -0.25) is 4.79 Å². The predicted octanol–water partition coefficient (Wildman–Crippen LogP) is 4.51. The number of methoxy groups -OCH3 is 1. The van der Waals surface area contributed by atoms with Gasteiger partial charge in [-0.2, -0.15) is 5.10 Å². The van der Waals surface area contributed by atoms with Crippen LogP contribution in [0.1, 0.15) is 31.0 Å². The Morgan fingerprint density at radius 1 is 1.15 bits per heavy atom. The van der Waals surface area contributed by atoms with E-state index < -0.39 is 23.9 Å². The first kappa shape index (κ1) is 30.7. The molecule has 13 heteroatoms. The van der Waals surface area contributed by atoms with Crippen molar-refractivity contribution in [3.8, 4) is 17.2 Å². The number of benzene rings is 2. The molecule has 0 saturated carbocycles. The molecule has 3 amide bonds. The quantitative estimate of drug-likeness (QED) is 0.130. The summed E-state index contributed by atoms with van der Waals surface area (Å²) in [4.78, 5) is 37.0. The Bertz CT molecular complexity index is 1340. The molecule has 0 aromatic heterocycles. The number of rotatable bonds is 12. The van der Waals surface area contributed by atoms with Crippen molar-refractivity contribution in [2.75, 3.05) is 26.9 Å². The van der Waals surface area contributed by atoms with Crippen molar-refractivity contribution in [3.63, 3.8) is 0 Å². The van der Waals surface area contributed by atoms with Crippen molar-refractivity contribution >= 4 is 56.0 Å². The molecule has 0 saturated heterocycles. The van der Waals surface area contributed by atoms with Crippen molar-refractivity contribution in [1.82, 2.24) is 16.1 Å². The summed E-state index contributed by atoms with van der Waals surface area (Å²) in [6.07, 6.45) is 3.12. The van der Waals surface area contributed by atoms with Gasteiger partial charge >= 0.3 is 12.0 Å². The molecule has 3 N–H and O–H groups in total. The summed E-state index contributed by atoms with van der Waals surface area (Å²) in [5.74, 6) is 0.161. The van der Waals surface area contributed by atoms with E-state index in [2.05, 4.69) is 59.6 Å². The van der Waals surface area contributed by atoms with Crippen LogP contribution in [0.5, 0.6) is 17.2 Å². The van der Waals surface area contributed by atoms with Crippen molar-refractivity contribution in [2.24, 2.45) is 5.10 Å². The number of carbonyl (C=O) groups is 3. The van der Waals surface area contributed by atoms with Crippen LogP contribution < -0.4 is 30.3 Å². The van der Waals surface area contributed by atoms with Gasteiger partial charge in [0.05, 0.1) is 40.5 Å². The molecule has 1 heterocycles.